The highest BCUT2D eigenvalue weighted by Crippen LogP contribution is 2.25. The minimum atomic E-state index is -0.220. The molecule has 1 aliphatic carbocycles. The molecule has 1 unspecified atom stereocenters. The van der Waals surface area contributed by atoms with Gasteiger partial charge in [-0.3, -0.25) is 0 Å². The van der Waals surface area contributed by atoms with E-state index >= 15 is 0 Å². The number of aliphatic hydroxyl groups is 1. The van der Waals surface area contributed by atoms with E-state index in [0.717, 1.165) is 18.6 Å². The molecule has 2 nitrogen and oxygen atoms in total. The minimum absolute atomic E-state index is 0.220. The summed E-state index contributed by atoms with van der Waals surface area (Å²) in [6.07, 6.45) is 6.54. The number of aliphatic hydroxyl groups excluding tert-OH is 1. The first kappa shape index (κ1) is 12.4. The van der Waals surface area contributed by atoms with Crippen LogP contribution in [0.4, 0.5) is 0 Å². The van der Waals surface area contributed by atoms with E-state index in [1.165, 1.54) is 36.8 Å². The lowest BCUT2D eigenvalue weighted by Crippen LogP contribution is -2.06. The number of hydrogen-bond acceptors (Lipinski definition) is 2. The first-order chi connectivity index (χ1) is 8.25. The van der Waals surface area contributed by atoms with Crippen LogP contribution in [0.25, 0.3) is 0 Å². The fraction of sp³-hybridized carbons (Fsp3) is 0.600. The second-order valence-corrected chi connectivity index (χ2v) is 4.98. The highest BCUT2D eigenvalue weighted by atomic mass is 16.5. The van der Waals surface area contributed by atoms with Gasteiger partial charge in [0.05, 0.1) is 12.7 Å². The van der Waals surface area contributed by atoms with Crippen molar-refractivity contribution in [2.24, 2.45) is 0 Å². The Balaban J connectivity index is 1.85. The molecule has 0 aliphatic heterocycles. The van der Waals surface area contributed by atoms with Crippen molar-refractivity contribution in [3.8, 4) is 5.75 Å². The van der Waals surface area contributed by atoms with Gasteiger partial charge < -0.3 is 9.84 Å². The zero-order valence-corrected chi connectivity index (χ0v) is 10.6. The average molecular weight is 234 g/mol. The first-order valence-corrected chi connectivity index (χ1v) is 6.68. The maximum Gasteiger partial charge on any atom is 0.119 e. The summed E-state index contributed by atoms with van der Waals surface area (Å²) in [4.78, 5) is 0. The predicted octanol–water partition coefficient (Wildman–Crippen LogP) is 3.11. The van der Waals surface area contributed by atoms with Crippen molar-refractivity contribution in [3.05, 3.63) is 29.3 Å². The van der Waals surface area contributed by atoms with Gasteiger partial charge in [-0.1, -0.05) is 6.07 Å². The lowest BCUT2D eigenvalue weighted by Gasteiger charge is -2.16. The number of benzene rings is 1. The molecular formula is C15H22O2. The lowest BCUT2D eigenvalue weighted by molar-refractivity contribution is 0.170. The van der Waals surface area contributed by atoms with E-state index in [-0.39, 0.29) is 6.10 Å². The summed E-state index contributed by atoms with van der Waals surface area (Å²) >= 11 is 0. The van der Waals surface area contributed by atoms with Gasteiger partial charge in [0, 0.05) is 0 Å². The molecule has 17 heavy (non-hydrogen) atoms. The molecule has 0 fully saturated rings. The summed E-state index contributed by atoms with van der Waals surface area (Å²) in [7, 11) is 0. The molecule has 0 bridgehead atoms. The highest BCUT2D eigenvalue weighted by molar-refractivity contribution is 5.37. The fourth-order valence-electron chi connectivity index (χ4n) is 2.37. The zero-order valence-electron chi connectivity index (χ0n) is 10.6. The number of fused-ring (bicyclic) bond motifs is 1. The van der Waals surface area contributed by atoms with Crippen molar-refractivity contribution in [1.82, 2.24) is 0 Å². The summed E-state index contributed by atoms with van der Waals surface area (Å²) in [5.74, 6) is 0.983. The van der Waals surface area contributed by atoms with Crippen LogP contribution in [0.3, 0.4) is 0 Å². The van der Waals surface area contributed by atoms with E-state index in [1.54, 1.807) is 0 Å². The van der Waals surface area contributed by atoms with Crippen LogP contribution >= 0.6 is 0 Å². The quantitative estimate of drug-likeness (QED) is 0.793. The summed E-state index contributed by atoms with van der Waals surface area (Å²) in [6.45, 7) is 2.52. The second-order valence-electron chi connectivity index (χ2n) is 4.98. The normalized spacial score (nSPS) is 16.4. The van der Waals surface area contributed by atoms with E-state index in [9.17, 15) is 0 Å². The van der Waals surface area contributed by atoms with Gasteiger partial charge >= 0.3 is 0 Å². The monoisotopic (exact) mass is 234 g/mol. The minimum Gasteiger partial charge on any atom is -0.494 e. The maximum atomic E-state index is 9.15. The molecule has 94 valence electrons. The second kappa shape index (κ2) is 6.06. The van der Waals surface area contributed by atoms with Gasteiger partial charge in [0.2, 0.25) is 0 Å². The van der Waals surface area contributed by atoms with Crippen LogP contribution < -0.4 is 4.74 Å². The molecule has 0 saturated heterocycles. The smallest absolute Gasteiger partial charge is 0.119 e. The molecule has 0 radical (unpaired) electrons. The Labute approximate surface area is 104 Å². The number of aryl methyl sites for hydroxylation is 2. The SMILES string of the molecule is CC(O)CCCOc1ccc2c(c1)CCCC2. The van der Waals surface area contributed by atoms with Crippen LogP contribution in [0.15, 0.2) is 18.2 Å². The predicted molar refractivity (Wildman–Crippen MR) is 69.5 cm³/mol. The van der Waals surface area contributed by atoms with Gasteiger partial charge in [-0.05, 0) is 68.7 Å². The fourth-order valence-corrected chi connectivity index (χ4v) is 2.37. The molecular weight excluding hydrogens is 212 g/mol. The molecule has 2 heteroatoms. The zero-order chi connectivity index (χ0) is 12.1. The first-order valence-electron chi connectivity index (χ1n) is 6.68. The number of ether oxygens (including phenoxy) is 1. The van der Waals surface area contributed by atoms with Gasteiger partial charge in [0.1, 0.15) is 5.75 Å². The van der Waals surface area contributed by atoms with E-state index in [1.807, 2.05) is 6.92 Å². The molecule has 1 N–H and O–H groups in total. The Hall–Kier alpha value is -1.02. The lowest BCUT2D eigenvalue weighted by atomic mass is 9.92. The maximum absolute atomic E-state index is 9.15. The number of hydrogen-bond donors (Lipinski definition) is 1. The highest BCUT2D eigenvalue weighted by Gasteiger charge is 2.09. The Bertz CT molecular complexity index is 358. The van der Waals surface area contributed by atoms with Crippen molar-refractivity contribution >= 4 is 0 Å². The molecule has 0 amide bonds. The van der Waals surface area contributed by atoms with Crippen LogP contribution in [0.1, 0.15) is 43.7 Å². The van der Waals surface area contributed by atoms with Crippen LogP contribution in [0.5, 0.6) is 5.75 Å². The molecule has 1 aliphatic rings. The molecule has 1 aromatic rings. The summed E-state index contributed by atoms with van der Waals surface area (Å²) in [5.41, 5.74) is 2.96. The van der Waals surface area contributed by atoms with Crippen molar-refractivity contribution in [1.29, 1.82) is 0 Å². The van der Waals surface area contributed by atoms with E-state index < -0.39 is 0 Å². The molecule has 2 rings (SSSR count). The summed E-state index contributed by atoms with van der Waals surface area (Å²) < 4.78 is 5.71. The van der Waals surface area contributed by atoms with Crippen LogP contribution in [0.2, 0.25) is 0 Å². The Morgan fingerprint density at radius 1 is 1.24 bits per heavy atom. The summed E-state index contributed by atoms with van der Waals surface area (Å²) in [6, 6.07) is 6.47. The van der Waals surface area contributed by atoms with E-state index in [0.29, 0.717) is 6.61 Å². The van der Waals surface area contributed by atoms with Crippen LogP contribution in [-0.4, -0.2) is 17.8 Å². The largest absolute Gasteiger partial charge is 0.494 e. The Morgan fingerprint density at radius 3 is 2.76 bits per heavy atom. The van der Waals surface area contributed by atoms with E-state index in [4.69, 9.17) is 9.84 Å². The van der Waals surface area contributed by atoms with Crippen molar-refractivity contribution in [2.45, 2.75) is 51.6 Å². The molecule has 0 heterocycles. The molecule has 1 aromatic carbocycles. The van der Waals surface area contributed by atoms with E-state index in [2.05, 4.69) is 18.2 Å². The van der Waals surface area contributed by atoms with Crippen molar-refractivity contribution in [2.75, 3.05) is 6.61 Å². The van der Waals surface area contributed by atoms with Gasteiger partial charge in [-0.2, -0.15) is 0 Å². The average Bonchev–Trinajstić information content (AvgIpc) is 2.34. The van der Waals surface area contributed by atoms with Gasteiger partial charge in [0.25, 0.3) is 0 Å². The molecule has 0 aromatic heterocycles. The van der Waals surface area contributed by atoms with Crippen molar-refractivity contribution < 1.29 is 9.84 Å². The topological polar surface area (TPSA) is 29.5 Å². The van der Waals surface area contributed by atoms with Gasteiger partial charge in [0.15, 0.2) is 0 Å². The third-order valence-corrected chi connectivity index (χ3v) is 3.35. The van der Waals surface area contributed by atoms with Crippen LogP contribution in [0, 0.1) is 0 Å². The molecule has 0 saturated carbocycles. The van der Waals surface area contributed by atoms with Crippen LogP contribution in [-0.2, 0) is 12.8 Å². The Morgan fingerprint density at radius 2 is 2.00 bits per heavy atom. The van der Waals surface area contributed by atoms with Gasteiger partial charge in [-0.15, -0.1) is 0 Å². The van der Waals surface area contributed by atoms with Crippen molar-refractivity contribution in [3.63, 3.8) is 0 Å². The third-order valence-electron chi connectivity index (χ3n) is 3.35. The third kappa shape index (κ3) is 3.74. The Kier molecular flexibility index (Phi) is 4.43. The van der Waals surface area contributed by atoms with Gasteiger partial charge in [-0.25, -0.2) is 0 Å². The summed E-state index contributed by atoms with van der Waals surface area (Å²) in [5, 5.41) is 9.15. The number of rotatable bonds is 5. The standard InChI is InChI=1S/C15H22O2/c1-12(16)5-4-10-17-15-9-8-13-6-2-3-7-14(13)11-15/h8-9,11-12,16H,2-7,10H2,1H3. The molecule has 0 spiro atoms. The molecule has 1 atom stereocenters.